The number of nitrogens with zero attached hydrogens (tertiary/aromatic N) is 6. The van der Waals surface area contributed by atoms with Crippen LogP contribution >= 0.6 is 0 Å². The lowest BCUT2D eigenvalue weighted by molar-refractivity contribution is -0.0271. The summed E-state index contributed by atoms with van der Waals surface area (Å²) in [5.74, 6) is 0.202. The fraction of sp³-hybridized carbons (Fsp3) is 0.579. The van der Waals surface area contributed by atoms with Gasteiger partial charge in [-0.2, -0.15) is 4.98 Å². The largest absolute Gasteiger partial charge is 0.394 e. The molecular weight excluding hydrogens is 452 g/mol. The van der Waals surface area contributed by atoms with E-state index in [2.05, 4.69) is 20.0 Å². The number of ether oxygens (including phenoxy) is 2. The summed E-state index contributed by atoms with van der Waals surface area (Å²) in [5.41, 5.74) is 12.7. The number of anilines is 1. The molecule has 0 aliphatic carbocycles. The van der Waals surface area contributed by atoms with Gasteiger partial charge in [0.1, 0.15) is 18.3 Å². The highest BCUT2D eigenvalue weighted by Gasteiger charge is 2.35. The van der Waals surface area contributed by atoms with Crippen LogP contribution in [0.1, 0.15) is 37.3 Å². The fourth-order valence-electron chi connectivity index (χ4n) is 3.71. The predicted octanol–water partition coefficient (Wildman–Crippen LogP) is -0.701. The van der Waals surface area contributed by atoms with Crippen LogP contribution in [0.4, 0.5) is 5.82 Å². The maximum atomic E-state index is 11.7. The maximum Gasteiger partial charge on any atom is 0.351 e. The van der Waals surface area contributed by atoms with E-state index in [1.165, 1.54) is 15.3 Å². The van der Waals surface area contributed by atoms with Crippen molar-refractivity contribution in [2.45, 2.75) is 56.9 Å². The molecule has 2 fully saturated rings. The van der Waals surface area contributed by atoms with Crippen LogP contribution in [0.5, 0.6) is 0 Å². The standard InChI is InChI=1S/C10H13N5O4.C9H13N3O3/c1-5-3-15(10(18)12-9(5)17)8-2-6(13-14-11)7(4-16)19-8;10-7-3-4-12(9(14)11-7)8-2-1-6(5-13)15-8/h3,6-8,16H,2,4H2,1H3,(H,12,17,18);3-4,6,8,13H,1-2,5H2,(H2,10,11,14). The molecule has 4 rings (SSSR count). The van der Waals surface area contributed by atoms with Gasteiger partial charge in [0.25, 0.3) is 5.56 Å². The topological polar surface area (TPSA) is 223 Å². The van der Waals surface area contributed by atoms with Gasteiger partial charge >= 0.3 is 11.4 Å². The number of hydrogen-bond donors (Lipinski definition) is 4. The molecule has 5 atom stereocenters. The molecule has 15 heteroatoms. The van der Waals surface area contributed by atoms with Crippen molar-refractivity contribution in [3.63, 3.8) is 0 Å². The van der Waals surface area contributed by atoms with Gasteiger partial charge in [0.2, 0.25) is 0 Å². The number of aromatic amines is 1. The lowest BCUT2D eigenvalue weighted by Crippen LogP contribution is -2.33. The molecule has 2 aromatic rings. The normalized spacial score (nSPS) is 25.9. The molecule has 5 N–H and O–H groups in total. The van der Waals surface area contributed by atoms with Gasteiger partial charge in [0.15, 0.2) is 0 Å². The Balaban J connectivity index is 0.000000196. The number of aliphatic hydroxyl groups excluding tert-OH is 2. The molecule has 5 unspecified atom stereocenters. The Labute approximate surface area is 192 Å². The van der Waals surface area contributed by atoms with Gasteiger partial charge in [-0.3, -0.25) is 18.9 Å². The van der Waals surface area contributed by atoms with Crippen molar-refractivity contribution in [1.82, 2.24) is 19.1 Å². The molecule has 0 saturated carbocycles. The van der Waals surface area contributed by atoms with Gasteiger partial charge in [-0.25, -0.2) is 9.59 Å². The number of azide groups is 1. The molecule has 0 amide bonds. The summed E-state index contributed by atoms with van der Waals surface area (Å²) in [6.45, 7) is 1.24. The van der Waals surface area contributed by atoms with Gasteiger partial charge in [0.05, 0.1) is 31.5 Å². The van der Waals surface area contributed by atoms with Crippen molar-refractivity contribution in [1.29, 1.82) is 0 Å². The van der Waals surface area contributed by atoms with Crippen molar-refractivity contribution < 1.29 is 19.7 Å². The number of nitrogens with two attached hydrogens (primary N) is 1. The predicted molar refractivity (Wildman–Crippen MR) is 118 cm³/mol. The summed E-state index contributed by atoms with van der Waals surface area (Å²) in [7, 11) is 0. The van der Waals surface area contributed by atoms with E-state index >= 15 is 0 Å². The second-order valence-electron chi connectivity index (χ2n) is 7.81. The van der Waals surface area contributed by atoms with Crippen LogP contribution < -0.4 is 22.7 Å². The molecule has 2 aliphatic heterocycles. The lowest BCUT2D eigenvalue weighted by atomic mass is 10.1. The molecule has 2 saturated heterocycles. The van der Waals surface area contributed by atoms with Gasteiger partial charge in [-0.15, -0.1) is 0 Å². The zero-order chi connectivity index (χ0) is 24.8. The zero-order valence-corrected chi connectivity index (χ0v) is 18.4. The highest BCUT2D eigenvalue weighted by atomic mass is 16.5. The quantitative estimate of drug-likeness (QED) is 0.242. The average Bonchev–Trinajstić information content (AvgIpc) is 3.44. The second kappa shape index (κ2) is 11.1. The van der Waals surface area contributed by atoms with E-state index in [4.69, 9.17) is 31.0 Å². The van der Waals surface area contributed by atoms with Crippen molar-refractivity contribution in [3.8, 4) is 0 Å². The third-order valence-corrected chi connectivity index (χ3v) is 5.49. The first-order valence-corrected chi connectivity index (χ1v) is 10.5. The van der Waals surface area contributed by atoms with Crippen molar-refractivity contribution in [3.05, 3.63) is 65.8 Å². The molecule has 2 aromatic heterocycles. The van der Waals surface area contributed by atoms with Crippen LogP contribution in [0, 0.1) is 6.92 Å². The first-order valence-electron chi connectivity index (χ1n) is 10.5. The summed E-state index contributed by atoms with van der Waals surface area (Å²) >= 11 is 0. The number of aliphatic hydroxyl groups is 2. The molecule has 184 valence electrons. The number of aromatic nitrogens is 4. The van der Waals surface area contributed by atoms with Gasteiger partial charge in [0, 0.05) is 29.3 Å². The van der Waals surface area contributed by atoms with Gasteiger partial charge in [-0.1, -0.05) is 5.11 Å². The van der Waals surface area contributed by atoms with E-state index in [0.717, 1.165) is 6.42 Å². The number of nitrogen functional groups attached to an aromatic ring is 1. The zero-order valence-electron chi connectivity index (χ0n) is 18.4. The van der Waals surface area contributed by atoms with Crippen LogP contribution in [-0.2, 0) is 9.47 Å². The summed E-state index contributed by atoms with van der Waals surface area (Å²) < 4.78 is 13.5. The first-order chi connectivity index (χ1) is 16.3. The Morgan fingerprint density at radius 1 is 1.24 bits per heavy atom. The summed E-state index contributed by atoms with van der Waals surface area (Å²) in [4.78, 5) is 42.9. The van der Waals surface area contributed by atoms with Crippen LogP contribution in [0.25, 0.3) is 10.4 Å². The molecule has 2 aliphatic rings. The third-order valence-electron chi connectivity index (χ3n) is 5.49. The minimum absolute atomic E-state index is 0.0202. The van der Waals surface area contributed by atoms with E-state index in [1.54, 1.807) is 19.2 Å². The number of rotatable bonds is 5. The number of H-pyrrole nitrogens is 1. The number of hydrogen-bond acceptors (Lipinski definition) is 10. The highest BCUT2D eigenvalue weighted by Crippen LogP contribution is 2.29. The molecule has 34 heavy (non-hydrogen) atoms. The summed E-state index contributed by atoms with van der Waals surface area (Å²) in [6.07, 6.45) is 2.83. The van der Waals surface area contributed by atoms with E-state index in [-0.39, 0.29) is 37.8 Å². The Morgan fingerprint density at radius 3 is 2.62 bits per heavy atom. The van der Waals surface area contributed by atoms with E-state index in [0.29, 0.717) is 12.0 Å². The molecule has 4 heterocycles. The Hall–Kier alpha value is -3.49. The summed E-state index contributed by atoms with van der Waals surface area (Å²) in [5, 5.41) is 21.6. The number of aryl methyl sites for hydroxylation is 1. The highest BCUT2D eigenvalue weighted by molar-refractivity contribution is 5.23. The lowest BCUT2D eigenvalue weighted by Gasteiger charge is -2.14. The van der Waals surface area contributed by atoms with Crippen molar-refractivity contribution in [2.75, 3.05) is 18.9 Å². The Kier molecular flexibility index (Phi) is 8.20. The van der Waals surface area contributed by atoms with Crippen molar-refractivity contribution >= 4 is 5.82 Å². The monoisotopic (exact) mass is 478 g/mol. The van der Waals surface area contributed by atoms with Crippen LogP contribution in [0.2, 0.25) is 0 Å². The van der Waals surface area contributed by atoms with E-state index in [9.17, 15) is 14.4 Å². The Morgan fingerprint density at radius 2 is 2.00 bits per heavy atom. The molecule has 15 nitrogen and oxygen atoms in total. The van der Waals surface area contributed by atoms with E-state index in [1.807, 2.05) is 0 Å². The molecule has 0 spiro atoms. The SMILES string of the molecule is Cc1cn(C2CC(N=[N+]=[N-])C(CO)O2)c(=O)[nH]c1=O.Nc1ccn(C2CCC(CO)O2)c(=O)n1. The molecular formula is C19H26N8O7. The molecule has 0 radical (unpaired) electrons. The third kappa shape index (κ3) is 5.70. The van der Waals surface area contributed by atoms with Gasteiger partial charge < -0.3 is 25.4 Å². The Bertz CT molecular complexity index is 1220. The minimum atomic E-state index is -0.671. The smallest absolute Gasteiger partial charge is 0.351 e. The first kappa shape index (κ1) is 25.1. The second-order valence-corrected chi connectivity index (χ2v) is 7.81. The van der Waals surface area contributed by atoms with E-state index < -0.39 is 35.3 Å². The summed E-state index contributed by atoms with van der Waals surface area (Å²) in [6, 6.07) is 1.01. The molecule has 0 bridgehead atoms. The van der Waals surface area contributed by atoms with Crippen molar-refractivity contribution in [2.24, 2.45) is 5.11 Å². The van der Waals surface area contributed by atoms with Gasteiger partial charge in [-0.05, 0) is 31.4 Å². The number of nitrogens with one attached hydrogen (secondary N) is 1. The maximum absolute atomic E-state index is 11.7. The van der Waals surface area contributed by atoms with Crippen LogP contribution in [0.15, 0.2) is 38.0 Å². The average molecular weight is 478 g/mol. The molecule has 0 aromatic carbocycles. The minimum Gasteiger partial charge on any atom is -0.394 e. The fourth-order valence-corrected chi connectivity index (χ4v) is 3.71. The van der Waals surface area contributed by atoms with Crippen LogP contribution in [-0.4, -0.2) is 60.8 Å². The van der Waals surface area contributed by atoms with Crippen LogP contribution in [0.3, 0.4) is 0 Å².